The van der Waals surface area contributed by atoms with Crippen molar-refractivity contribution >= 4 is 17.5 Å². The van der Waals surface area contributed by atoms with Crippen LogP contribution >= 0.6 is 0 Å². The van der Waals surface area contributed by atoms with Gasteiger partial charge in [0.1, 0.15) is 0 Å². The largest absolute Gasteiger partial charge is 0.376 e. The molecule has 2 rings (SSSR count). The highest BCUT2D eigenvalue weighted by molar-refractivity contribution is 6.00. The molecule has 0 aromatic heterocycles. The highest BCUT2D eigenvalue weighted by Crippen LogP contribution is 2.21. The molecule has 5 nitrogen and oxygen atoms in total. The Morgan fingerprint density at radius 2 is 1.86 bits per heavy atom. The topological polar surface area (TPSA) is 70.2 Å². The lowest BCUT2D eigenvalue weighted by molar-refractivity contribution is -0.120. The van der Waals surface area contributed by atoms with Crippen molar-refractivity contribution in [3.05, 3.63) is 29.8 Å². The third-order valence-corrected chi connectivity index (χ3v) is 3.91. The molecular weight excluding hydrogens is 278 g/mol. The van der Waals surface area contributed by atoms with E-state index in [1.807, 2.05) is 25.1 Å². The molecule has 5 heteroatoms. The van der Waals surface area contributed by atoms with Crippen LogP contribution < -0.4 is 16.0 Å². The van der Waals surface area contributed by atoms with E-state index in [4.69, 9.17) is 0 Å². The number of carbonyl (C=O) groups is 2. The van der Waals surface area contributed by atoms with E-state index in [1.165, 1.54) is 0 Å². The van der Waals surface area contributed by atoms with E-state index in [-0.39, 0.29) is 24.4 Å². The van der Waals surface area contributed by atoms with Gasteiger partial charge in [-0.25, -0.2) is 0 Å². The molecule has 0 bridgehead atoms. The predicted molar refractivity (Wildman–Crippen MR) is 87.9 cm³/mol. The highest BCUT2D eigenvalue weighted by atomic mass is 16.2. The minimum Gasteiger partial charge on any atom is -0.376 e. The van der Waals surface area contributed by atoms with E-state index in [0.717, 1.165) is 12.8 Å². The van der Waals surface area contributed by atoms with Gasteiger partial charge in [-0.2, -0.15) is 0 Å². The number of benzene rings is 1. The number of nitrogens with one attached hydrogen (secondary N) is 3. The van der Waals surface area contributed by atoms with Gasteiger partial charge in [0.15, 0.2) is 0 Å². The molecule has 0 aliphatic heterocycles. The zero-order valence-corrected chi connectivity index (χ0v) is 13.5. The maximum absolute atomic E-state index is 12.2. The van der Waals surface area contributed by atoms with E-state index >= 15 is 0 Å². The number of carbonyl (C=O) groups excluding carboxylic acids is 2. The average Bonchev–Trinajstić information content (AvgIpc) is 3.29. The number of hydrogen-bond donors (Lipinski definition) is 3. The zero-order chi connectivity index (χ0) is 16.1. The van der Waals surface area contributed by atoms with Gasteiger partial charge in [0, 0.05) is 17.8 Å². The van der Waals surface area contributed by atoms with E-state index in [2.05, 4.69) is 29.8 Å². The molecule has 1 aliphatic rings. The highest BCUT2D eigenvalue weighted by Gasteiger charge is 2.24. The normalized spacial score (nSPS) is 15.3. The van der Waals surface area contributed by atoms with Crippen LogP contribution in [-0.2, 0) is 4.79 Å². The first-order valence-corrected chi connectivity index (χ1v) is 7.90. The van der Waals surface area contributed by atoms with Gasteiger partial charge in [-0.1, -0.05) is 26.0 Å². The summed E-state index contributed by atoms with van der Waals surface area (Å²) < 4.78 is 0. The molecule has 0 heterocycles. The van der Waals surface area contributed by atoms with Crippen molar-refractivity contribution in [3.63, 3.8) is 0 Å². The van der Waals surface area contributed by atoms with E-state index in [0.29, 0.717) is 23.2 Å². The summed E-state index contributed by atoms with van der Waals surface area (Å²) in [6, 6.07) is 7.72. The van der Waals surface area contributed by atoms with Crippen LogP contribution in [0, 0.1) is 5.92 Å². The molecule has 0 spiro atoms. The molecule has 1 atom stereocenters. The summed E-state index contributed by atoms with van der Waals surface area (Å²) in [5, 5.41) is 8.96. The number of amides is 2. The van der Waals surface area contributed by atoms with Crippen LogP contribution in [0.15, 0.2) is 24.3 Å². The summed E-state index contributed by atoms with van der Waals surface area (Å²) >= 11 is 0. The third kappa shape index (κ3) is 4.76. The Labute approximate surface area is 131 Å². The maximum Gasteiger partial charge on any atom is 0.253 e. The van der Waals surface area contributed by atoms with Gasteiger partial charge in [-0.15, -0.1) is 0 Å². The monoisotopic (exact) mass is 303 g/mol. The molecule has 1 unspecified atom stereocenters. The van der Waals surface area contributed by atoms with Crippen molar-refractivity contribution in [2.75, 3.05) is 11.9 Å². The molecule has 2 amide bonds. The minimum absolute atomic E-state index is 0.0707. The lowest BCUT2D eigenvalue weighted by Gasteiger charge is -2.18. The van der Waals surface area contributed by atoms with Gasteiger partial charge >= 0.3 is 0 Å². The van der Waals surface area contributed by atoms with Crippen molar-refractivity contribution in [3.8, 4) is 0 Å². The lowest BCUT2D eigenvalue weighted by Crippen LogP contribution is -2.39. The van der Waals surface area contributed by atoms with Crippen LogP contribution in [0.25, 0.3) is 0 Å². The summed E-state index contributed by atoms with van der Waals surface area (Å²) in [6.45, 7) is 6.27. The summed E-state index contributed by atoms with van der Waals surface area (Å²) in [6.07, 6.45) is 2.10. The van der Waals surface area contributed by atoms with Crippen molar-refractivity contribution in [1.82, 2.24) is 10.6 Å². The van der Waals surface area contributed by atoms with Crippen molar-refractivity contribution in [2.24, 2.45) is 5.92 Å². The number of rotatable bonds is 7. The number of anilines is 1. The number of para-hydroxylation sites is 1. The molecule has 1 fully saturated rings. The van der Waals surface area contributed by atoms with Gasteiger partial charge in [-0.05, 0) is 37.8 Å². The van der Waals surface area contributed by atoms with Gasteiger partial charge < -0.3 is 16.0 Å². The van der Waals surface area contributed by atoms with Crippen molar-refractivity contribution < 1.29 is 9.59 Å². The average molecular weight is 303 g/mol. The Morgan fingerprint density at radius 3 is 2.50 bits per heavy atom. The molecule has 1 aliphatic carbocycles. The minimum atomic E-state index is -0.0819. The van der Waals surface area contributed by atoms with Crippen LogP contribution in [0.4, 0.5) is 5.69 Å². The Balaban J connectivity index is 1.91. The van der Waals surface area contributed by atoms with Crippen molar-refractivity contribution in [1.29, 1.82) is 0 Å². The Morgan fingerprint density at radius 1 is 1.18 bits per heavy atom. The van der Waals surface area contributed by atoms with Crippen molar-refractivity contribution in [2.45, 2.75) is 45.7 Å². The maximum atomic E-state index is 12.2. The second kappa shape index (κ2) is 7.29. The molecule has 120 valence electrons. The second-order valence-corrected chi connectivity index (χ2v) is 6.25. The van der Waals surface area contributed by atoms with Gasteiger partial charge in [0.05, 0.1) is 12.1 Å². The smallest absolute Gasteiger partial charge is 0.253 e. The lowest BCUT2D eigenvalue weighted by atomic mass is 10.1. The molecule has 1 saturated carbocycles. The molecular formula is C17H25N3O2. The van der Waals surface area contributed by atoms with Crippen LogP contribution in [0.3, 0.4) is 0 Å². The van der Waals surface area contributed by atoms with Crippen LogP contribution in [0.2, 0.25) is 0 Å². The van der Waals surface area contributed by atoms with Crippen LogP contribution in [-0.4, -0.2) is 30.4 Å². The molecule has 0 saturated heterocycles. The first-order chi connectivity index (χ1) is 10.5. The summed E-state index contributed by atoms with van der Waals surface area (Å²) in [4.78, 5) is 24.1. The van der Waals surface area contributed by atoms with E-state index < -0.39 is 0 Å². The molecule has 1 aromatic carbocycles. The first-order valence-electron chi connectivity index (χ1n) is 7.90. The number of hydrogen-bond acceptors (Lipinski definition) is 3. The van der Waals surface area contributed by atoms with E-state index in [1.54, 1.807) is 6.07 Å². The quantitative estimate of drug-likeness (QED) is 0.723. The predicted octanol–water partition coefficient (Wildman–Crippen LogP) is 2.15. The zero-order valence-electron chi connectivity index (χ0n) is 13.5. The third-order valence-electron chi connectivity index (χ3n) is 3.91. The Bertz CT molecular complexity index is 538. The summed E-state index contributed by atoms with van der Waals surface area (Å²) in [5.74, 6) is 0.237. The molecule has 0 radical (unpaired) electrons. The molecule has 22 heavy (non-hydrogen) atoms. The van der Waals surface area contributed by atoms with Crippen LogP contribution in [0.1, 0.15) is 44.0 Å². The first kappa shape index (κ1) is 16.3. The Kier molecular flexibility index (Phi) is 5.41. The standard InChI is InChI=1S/C17H25N3O2/c1-11(2)12(3)19-16(21)10-18-15-7-5-4-6-14(15)17(22)20-13-8-9-13/h4-7,11-13,18H,8-10H2,1-3H3,(H,19,21)(H,20,22). The SMILES string of the molecule is CC(C)C(C)NC(=O)CNc1ccccc1C(=O)NC1CC1. The van der Waals surface area contributed by atoms with E-state index in [9.17, 15) is 9.59 Å². The van der Waals surface area contributed by atoms with Gasteiger partial charge in [-0.3, -0.25) is 9.59 Å². The van der Waals surface area contributed by atoms with Gasteiger partial charge in [0.2, 0.25) is 5.91 Å². The fourth-order valence-corrected chi connectivity index (χ4v) is 1.97. The fourth-order valence-electron chi connectivity index (χ4n) is 1.97. The summed E-state index contributed by atoms with van der Waals surface area (Å²) in [7, 11) is 0. The fraction of sp³-hybridized carbons (Fsp3) is 0.529. The van der Waals surface area contributed by atoms with Gasteiger partial charge in [0.25, 0.3) is 5.91 Å². The molecule has 3 N–H and O–H groups in total. The molecule has 1 aromatic rings. The Hall–Kier alpha value is -2.04. The second-order valence-electron chi connectivity index (χ2n) is 6.25. The van der Waals surface area contributed by atoms with Crippen LogP contribution in [0.5, 0.6) is 0 Å². The summed E-state index contributed by atoms with van der Waals surface area (Å²) in [5.41, 5.74) is 1.27.